The number of aliphatic hydroxyl groups excluding tert-OH is 2. The molecule has 2 atom stereocenters. The third kappa shape index (κ3) is 20.1. The summed E-state index contributed by atoms with van der Waals surface area (Å²) in [6.45, 7) is 4.40. The number of carbonyl (C=O) groups excluding carboxylic acids is 2. The Morgan fingerprint density at radius 1 is 0.581 bits per heavy atom. The summed E-state index contributed by atoms with van der Waals surface area (Å²) in [5, 5.41) is 19.7. The normalized spacial score (nSPS) is 13.0. The molecule has 0 aromatic heterocycles. The molecule has 0 bridgehead atoms. The van der Waals surface area contributed by atoms with E-state index >= 15 is 0 Å². The van der Waals surface area contributed by atoms with Crippen molar-refractivity contribution in [3.05, 3.63) is 0 Å². The van der Waals surface area contributed by atoms with Gasteiger partial charge in [0.1, 0.15) is 0 Å². The Morgan fingerprint density at radius 2 is 0.871 bits per heavy atom. The van der Waals surface area contributed by atoms with Crippen LogP contribution in [-0.2, 0) is 15.0 Å². The van der Waals surface area contributed by atoms with Crippen molar-refractivity contribution in [1.29, 1.82) is 0 Å². The van der Waals surface area contributed by atoms with Gasteiger partial charge in [0, 0.05) is 0 Å². The molecule has 0 saturated carbocycles. The van der Waals surface area contributed by atoms with Crippen LogP contribution in [0.5, 0.6) is 0 Å². The van der Waals surface area contributed by atoms with Crippen molar-refractivity contribution in [3.8, 4) is 0 Å². The summed E-state index contributed by atoms with van der Waals surface area (Å²) in [5.74, 6) is -1.40. The third-order valence-electron chi connectivity index (χ3n) is 5.49. The first-order chi connectivity index (χ1) is 15.0. The molecule has 0 aliphatic heterocycles. The summed E-state index contributed by atoms with van der Waals surface area (Å²) in [5.41, 5.74) is 0. The van der Waals surface area contributed by atoms with Gasteiger partial charge < -0.3 is 0 Å². The summed E-state index contributed by atoms with van der Waals surface area (Å²) in [7, 11) is 0. The van der Waals surface area contributed by atoms with Crippen LogP contribution in [0.3, 0.4) is 0 Å². The predicted octanol–water partition coefficient (Wildman–Crippen LogP) is 5.39. The van der Waals surface area contributed by atoms with Gasteiger partial charge in [-0.1, -0.05) is 13.8 Å². The summed E-state index contributed by atoms with van der Waals surface area (Å²) in [6.07, 6.45) is 16.8. The summed E-state index contributed by atoms with van der Waals surface area (Å²) in [6, 6.07) is 0. The van der Waals surface area contributed by atoms with E-state index in [0.717, 1.165) is 38.5 Å². The van der Waals surface area contributed by atoms with E-state index in [1.807, 2.05) is 0 Å². The molecule has 0 fully saturated rings. The predicted molar refractivity (Wildman–Crippen MR) is 124 cm³/mol. The Kier molecular flexibility index (Phi) is 22.8. The second-order valence-corrected chi connectivity index (χ2v) is 10.7. The van der Waals surface area contributed by atoms with Crippen molar-refractivity contribution in [2.45, 2.75) is 142 Å². The molecule has 0 aliphatic carbocycles. The van der Waals surface area contributed by atoms with E-state index in [4.69, 9.17) is 5.37 Å². The molecule has 2 radical (unpaired) electrons. The Labute approximate surface area is 203 Å². The van der Waals surface area contributed by atoms with Crippen LogP contribution in [0.2, 0.25) is 0 Å². The zero-order chi connectivity index (χ0) is 23.2. The number of aliphatic hydroxyl groups is 2. The fourth-order valence-corrected chi connectivity index (χ4v) is 5.28. The molecule has 0 aromatic carbocycles. The summed E-state index contributed by atoms with van der Waals surface area (Å²) < 4.78 is 9.98. The minimum atomic E-state index is -2.40. The zero-order valence-corrected chi connectivity index (χ0v) is 23.8. The fraction of sp³-hybridized carbons (Fsp3) is 0.917. The van der Waals surface area contributed by atoms with Gasteiger partial charge in [-0.2, -0.15) is 0 Å². The summed E-state index contributed by atoms with van der Waals surface area (Å²) >= 11 is -2.40. The molecule has 2 unspecified atom stereocenters. The van der Waals surface area contributed by atoms with Crippen molar-refractivity contribution >= 4 is 37.1 Å². The molecule has 0 amide bonds. The topological polar surface area (TPSA) is 93.1 Å². The van der Waals surface area contributed by atoms with Gasteiger partial charge in [-0.05, 0) is 0 Å². The molecule has 0 aromatic rings. The molecule has 182 valence electrons. The number of unbranched alkanes of at least 4 members (excludes halogenated alkanes) is 14. The Morgan fingerprint density at radius 3 is 1.19 bits per heavy atom. The van der Waals surface area contributed by atoms with Gasteiger partial charge in [-0.15, -0.1) is 0 Å². The van der Waals surface area contributed by atoms with Crippen LogP contribution in [0.25, 0.3) is 0 Å². The summed E-state index contributed by atoms with van der Waals surface area (Å²) in [4.78, 5) is 23.6. The average molecular weight is 638 g/mol. The number of carbonyl (C=O) groups is 2. The van der Waals surface area contributed by atoms with E-state index in [9.17, 15) is 19.8 Å². The molecule has 0 aliphatic rings. The quantitative estimate of drug-likeness (QED) is 0.122. The first kappa shape index (κ1) is 30.8. The van der Waals surface area contributed by atoms with Crippen LogP contribution < -0.4 is 0 Å². The van der Waals surface area contributed by atoms with Gasteiger partial charge in [0.15, 0.2) is 0 Å². The first-order valence-electron chi connectivity index (χ1n) is 12.5. The molecule has 7 heteroatoms. The van der Waals surface area contributed by atoms with E-state index in [1.54, 1.807) is 0 Å². The monoisotopic (exact) mass is 638 g/mol. The van der Waals surface area contributed by atoms with E-state index < -0.39 is 49.3 Å². The van der Waals surface area contributed by atoms with Crippen molar-refractivity contribution in [1.82, 2.24) is 0 Å². The molecule has 0 saturated heterocycles. The van der Waals surface area contributed by atoms with Crippen molar-refractivity contribution in [2.24, 2.45) is 0 Å². The van der Waals surface area contributed by atoms with Gasteiger partial charge in [-0.3, -0.25) is 0 Å². The van der Waals surface area contributed by atoms with Crippen LogP contribution in [0.1, 0.15) is 129 Å². The van der Waals surface area contributed by atoms with Gasteiger partial charge in [0.25, 0.3) is 0 Å². The SMILES string of the molecule is CCCCCCCCCCC(O)C(=O)[O][Pb][O]C(=O)C(O)CCCCCCCCCC. The third-order valence-corrected chi connectivity index (χ3v) is 7.70. The van der Waals surface area contributed by atoms with E-state index in [2.05, 4.69) is 13.8 Å². The van der Waals surface area contributed by atoms with Crippen molar-refractivity contribution < 1.29 is 25.2 Å². The molecule has 31 heavy (non-hydrogen) atoms. The van der Waals surface area contributed by atoms with Gasteiger partial charge >= 0.3 is 190 Å². The molecule has 2 N–H and O–H groups in total. The van der Waals surface area contributed by atoms with E-state index in [-0.39, 0.29) is 0 Å². The van der Waals surface area contributed by atoms with Gasteiger partial charge in [0.2, 0.25) is 0 Å². The second kappa shape index (κ2) is 23.0. The van der Waals surface area contributed by atoms with E-state index in [0.29, 0.717) is 12.8 Å². The molecule has 0 heterocycles. The molecule has 6 nitrogen and oxygen atoms in total. The average Bonchev–Trinajstić information content (AvgIpc) is 2.76. The van der Waals surface area contributed by atoms with Crippen molar-refractivity contribution in [3.63, 3.8) is 0 Å². The Hall–Kier alpha value is -0.218. The minimum Gasteiger partial charge on any atom is -0.0654 e. The molecule has 0 spiro atoms. The van der Waals surface area contributed by atoms with Crippen LogP contribution in [0.15, 0.2) is 0 Å². The Balaban J connectivity index is 3.63. The van der Waals surface area contributed by atoms with Crippen LogP contribution in [0.4, 0.5) is 0 Å². The molecular weight excluding hydrogens is 591 g/mol. The second-order valence-electron chi connectivity index (χ2n) is 8.48. The van der Waals surface area contributed by atoms with Crippen LogP contribution in [-0.4, -0.2) is 59.5 Å². The van der Waals surface area contributed by atoms with Gasteiger partial charge in [0.05, 0.1) is 0 Å². The maximum absolute atomic E-state index is 11.8. The smallest absolute Gasteiger partial charge is 0.0654 e. The van der Waals surface area contributed by atoms with Crippen LogP contribution in [0, 0.1) is 0 Å². The van der Waals surface area contributed by atoms with Crippen molar-refractivity contribution in [2.75, 3.05) is 0 Å². The Bertz CT molecular complexity index is 394. The number of rotatable bonds is 22. The van der Waals surface area contributed by atoms with Gasteiger partial charge in [-0.25, -0.2) is 0 Å². The standard InChI is InChI=1S/2C12H24O3.Pb/c2*1-2-3-4-5-6-7-8-9-10-11(13)12(14)15;/h2*11,13H,2-10H2,1H3,(H,14,15);/q;;+2/p-2. The van der Waals surface area contributed by atoms with Crippen LogP contribution >= 0.6 is 0 Å². The first-order valence-corrected chi connectivity index (χ1v) is 15.7. The number of hydrogen-bond donors (Lipinski definition) is 2. The fourth-order valence-electron chi connectivity index (χ4n) is 3.42. The maximum atomic E-state index is 11.8. The minimum absolute atomic E-state index is 0.381. The zero-order valence-electron chi connectivity index (χ0n) is 19.9. The molecule has 0 rings (SSSR count). The van der Waals surface area contributed by atoms with E-state index in [1.165, 1.54) is 64.2 Å². The molecular formula is C24H46O6Pb. The number of hydrogen-bond acceptors (Lipinski definition) is 6.